The first kappa shape index (κ1) is 12.6. The summed E-state index contributed by atoms with van der Waals surface area (Å²) >= 11 is 3.24. The first-order valence-corrected chi connectivity index (χ1v) is 6.10. The van der Waals surface area contributed by atoms with Gasteiger partial charge in [-0.05, 0) is 21.5 Å². The Morgan fingerprint density at radius 3 is 2.78 bits per heavy atom. The van der Waals surface area contributed by atoms with Gasteiger partial charge in [0.2, 0.25) is 0 Å². The van der Waals surface area contributed by atoms with Crippen LogP contribution >= 0.6 is 15.9 Å². The molecule has 0 radical (unpaired) electrons. The van der Waals surface area contributed by atoms with E-state index >= 15 is 0 Å². The Bertz CT molecular complexity index is 520. The lowest BCUT2D eigenvalue weighted by Crippen LogP contribution is -2.15. The van der Waals surface area contributed by atoms with Crippen LogP contribution in [0.25, 0.3) is 0 Å². The summed E-state index contributed by atoms with van der Waals surface area (Å²) in [7, 11) is 1.78. The van der Waals surface area contributed by atoms with Crippen LogP contribution in [0.15, 0.2) is 41.3 Å². The number of rotatable bonds is 3. The van der Waals surface area contributed by atoms with Crippen molar-refractivity contribution in [1.82, 2.24) is 9.55 Å². The minimum Gasteiger partial charge on any atom is -0.444 e. The highest BCUT2D eigenvalue weighted by molar-refractivity contribution is 9.10. The molecule has 94 valence electrons. The van der Waals surface area contributed by atoms with Gasteiger partial charge in [0.05, 0.1) is 6.33 Å². The van der Waals surface area contributed by atoms with Crippen molar-refractivity contribution >= 4 is 27.8 Å². The van der Waals surface area contributed by atoms with Crippen molar-refractivity contribution in [2.24, 2.45) is 7.05 Å². The molecule has 1 N–H and O–H groups in total. The summed E-state index contributed by atoms with van der Waals surface area (Å²) in [5.74, 6) is 0.563. The van der Waals surface area contributed by atoms with Crippen LogP contribution in [0.4, 0.5) is 10.6 Å². The summed E-state index contributed by atoms with van der Waals surface area (Å²) in [6.45, 7) is 0.238. The topological polar surface area (TPSA) is 56.2 Å². The van der Waals surface area contributed by atoms with Gasteiger partial charge in [0.25, 0.3) is 0 Å². The van der Waals surface area contributed by atoms with E-state index in [2.05, 4.69) is 26.2 Å². The third-order valence-corrected chi connectivity index (χ3v) is 2.91. The molecular formula is C12H12BrN3O2. The van der Waals surface area contributed by atoms with Crippen molar-refractivity contribution in [3.05, 3.63) is 46.8 Å². The van der Waals surface area contributed by atoms with Crippen molar-refractivity contribution < 1.29 is 9.53 Å². The van der Waals surface area contributed by atoms with Crippen LogP contribution in [-0.2, 0) is 18.4 Å². The SMILES string of the molecule is Cn1cnc(Br)c1NC(=O)OCc1ccccc1. The highest BCUT2D eigenvalue weighted by Gasteiger charge is 2.10. The van der Waals surface area contributed by atoms with E-state index in [1.54, 1.807) is 17.9 Å². The molecule has 0 spiro atoms. The number of benzene rings is 1. The molecule has 0 aliphatic heterocycles. The van der Waals surface area contributed by atoms with E-state index < -0.39 is 6.09 Å². The summed E-state index contributed by atoms with van der Waals surface area (Å²) in [5.41, 5.74) is 0.941. The van der Waals surface area contributed by atoms with Crippen LogP contribution in [0.5, 0.6) is 0 Å². The van der Waals surface area contributed by atoms with Gasteiger partial charge in [0.1, 0.15) is 17.0 Å². The lowest BCUT2D eigenvalue weighted by molar-refractivity contribution is 0.155. The monoisotopic (exact) mass is 309 g/mol. The number of carbonyl (C=O) groups excluding carboxylic acids is 1. The number of anilines is 1. The van der Waals surface area contributed by atoms with E-state index in [0.717, 1.165) is 5.56 Å². The third-order valence-electron chi connectivity index (χ3n) is 2.33. The molecule has 6 heteroatoms. The molecular weight excluding hydrogens is 298 g/mol. The zero-order valence-corrected chi connectivity index (χ0v) is 11.3. The second-order valence-electron chi connectivity index (χ2n) is 3.68. The van der Waals surface area contributed by atoms with Gasteiger partial charge < -0.3 is 9.30 Å². The number of hydrogen-bond acceptors (Lipinski definition) is 3. The fourth-order valence-electron chi connectivity index (χ4n) is 1.40. The van der Waals surface area contributed by atoms with Gasteiger partial charge in [0.15, 0.2) is 0 Å². The smallest absolute Gasteiger partial charge is 0.413 e. The highest BCUT2D eigenvalue weighted by Crippen LogP contribution is 2.19. The number of nitrogens with one attached hydrogen (secondary N) is 1. The maximum absolute atomic E-state index is 11.6. The standard InChI is InChI=1S/C12H12BrN3O2/c1-16-8-14-10(13)11(16)15-12(17)18-7-9-5-3-2-4-6-9/h2-6,8H,7H2,1H3,(H,15,17). The second-order valence-corrected chi connectivity index (χ2v) is 4.43. The molecule has 0 unspecified atom stereocenters. The summed E-state index contributed by atoms with van der Waals surface area (Å²) < 4.78 is 7.36. The molecule has 1 aromatic heterocycles. The van der Waals surface area contributed by atoms with Crippen LogP contribution in [-0.4, -0.2) is 15.6 Å². The van der Waals surface area contributed by atoms with Crippen LogP contribution in [0, 0.1) is 0 Å². The molecule has 2 aromatic rings. The minimum absolute atomic E-state index is 0.238. The van der Waals surface area contributed by atoms with E-state index in [9.17, 15) is 4.79 Å². The maximum atomic E-state index is 11.6. The predicted octanol–water partition coefficient (Wildman–Crippen LogP) is 2.93. The number of imidazole rings is 1. The highest BCUT2D eigenvalue weighted by atomic mass is 79.9. The van der Waals surface area contributed by atoms with E-state index in [4.69, 9.17) is 4.74 Å². The van der Waals surface area contributed by atoms with Crippen molar-refractivity contribution in [2.75, 3.05) is 5.32 Å². The Morgan fingerprint density at radius 1 is 1.44 bits per heavy atom. The fraction of sp³-hybridized carbons (Fsp3) is 0.167. The lowest BCUT2D eigenvalue weighted by atomic mass is 10.2. The molecule has 0 fully saturated rings. The Morgan fingerprint density at radius 2 is 2.17 bits per heavy atom. The van der Waals surface area contributed by atoms with E-state index in [1.165, 1.54) is 0 Å². The molecule has 1 heterocycles. The van der Waals surface area contributed by atoms with Gasteiger partial charge >= 0.3 is 6.09 Å². The largest absolute Gasteiger partial charge is 0.444 e. The number of aryl methyl sites for hydroxylation is 1. The molecule has 18 heavy (non-hydrogen) atoms. The summed E-state index contributed by atoms with van der Waals surface area (Å²) in [6, 6.07) is 9.50. The number of nitrogens with zero attached hydrogens (tertiary/aromatic N) is 2. The maximum Gasteiger partial charge on any atom is 0.413 e. The average molecular weight is 310 g/mol. The van der Waals surface area contributed by atoms with Crippen molar-refractivity contribution in [3.8, 4) is 0 Å². The Balaban J connectivity index is 1.90. The molecule has 0 bridgehead atoms. The van der Waals surface area contributed by atoms with Crippen molar-refractivity contribution in [1.29, 1.82) is 0 Å². The third kappa shape index (κ3) is 3.10. The number of hydrogen-bond donors (Lipinski definition) is 1. The molecule has 1 aromatic carbocycles. The van der Waals surface area contributed by atoms with Gasteiger partial charge in [-0.3, -0.25) is 5.32 Å². The van der Waals surface area contributed by atoms with E-state index in [0.29, 0.717) is 10.4 Å². The van der Waals surface area contributed by atoms with E-state index in [1.807, 2.05) is 30.3 Å². The molecule has 0 atom stereocenters. The van der Waals surface area contributed by atoms with Gasteiger partial charge in [-0.1, -0.05) is 30.3 Å². The first-order valence-electron chi connectivity index (χ1n) is 5.31. The molecule has 0 saturated heterocycles. The Kier molecular flexibility index (Phi) is 3.99. The zero-order chi connectivity index (χ0) is 13.0. The van der Waals surface area contributed by atoms with Crippen LogP contribution in [0.2, 0.25) is 0 Å². The number of ether oxygens (including phenoxy) is 1. The molecule has 0 aliphatic rings. The minimum atomic E-state index is -0.511. The van der Waals surface area contributed by atoms with Crippen LogP contribution in [0.1, 0.15) is 5.56 Å². The van der Waals surface area contributed by atoms with Crippen LogP contribution in [0.3, 0.4) is 0 Å². The number of halogens is 1. The fourth-order valence-corrected chi connectivity index (χ4v) is 1.87. The summed E-state index contributed by atoms with van der Waals surface area (Å²) in [4.78, 5) is 15.6. The molecule has 0 aliphatic carbocycles. The summed E-state index contributed by atoms with van der Waals surface area (Å²) in [6.07, 6.45) is 1.08. The Labute approximate surface area is 113 Å². The van der Waals surface area contributed by atoms with Gasteiger partial charge in [-0.15, -0.1) is 0 Å². The number of amides is 1. The van der Waals surface area contributed by atoms with Gasteiger partial charge in [-0.25, -0.2) is 9.78 Å². The Hall–Kier alpha value is -1.82. The predicted molar refractivity (Wildman–Crippen MR) is 71.2 cm³/mol. The van der Waals surface area contributed by atoms with Crippen LogP contribution < -0.4 is 5.32 Å². The van der Waals surface area contributed by atoms with Crippen molar-refractivity contribution in [3.63, 3.8) is 0 Å². The number of aromatic nitrogens is 2. The summed E-state index contributed by atoms with van der Waals surface area (Å²) in [5, 5.41) is 2.62. The first-order chi connectivity index (χ1) is 8.66. The number of carbonyl (C=O) groups is 1. The molecule has 0 saturated carbocycles. The molecule has 1 amide bonds. The normalized spacial score (nSPS) is 10.1. The van der Waals surface area contributed by atoms with Gasteiger partial charge in [-0.2, -0.15) is 0 Å². The average Bonchev–Trinajstić information content (AvgIpc) is 2.69. The van der Waals surface area contributed by atoms with E-state index in [-0.39, 0.29) is 6.61 Å². The van der Waals surface area contributed by atoms with Crippen molar-refractivity contribution in [2.45, 2.75) is 6.61 Å². The molecule has 5 nitrogen and oxygen atoms in total. The zero-order valence-electron chi connectivity index (χ0n) is 9.76. The molecule has 2 rings (SSSR count). The second kappa shape index (κ2) is 5.68. The lowest BCUT2D eigenvalue weighted by Gasteiger charge is -2.07. The van der Waals surface area contributed by atoms with Gasteiger partial charge in [0, 0.05) is 7.05 Å². The quantitative estimate of drug-likeness (QED) is 0.948.